The molecular formula is C14H16O5. The molecule has 0 radical (unpaired) electrons. The largest absolute Gasteiger partial charge is 0.457 e. The first kappa shape index (κ1) is 12.6. The molecule has 5 nitrogen and oxygen atoms in total. The van der Waals surface area contributed by atoms with Gasteiger partial charge in [0.25, 0.3) is 0 Å². The van der Waals surface area contributed by atoms with Gasteiger partial charge in [0.15, 0.2) is 6.10 Å². The summed E-state index contributed by atoms with van der Waals surface area (Å²) in [6.45, 7) is 0.274. The topological polar surface area (TPSA) is 65.0 Å². The molecule has 5 heteroatoms. The molecule has 0 aromatic heterocycles. The zero-order valence-corrected chi connectivity index (χ0v) is 10.4. The lowest BCUT2D eigenvalue weighted by Crippen LogP contribution is -2.36. The minimum absolute atomic E-state index is 0.135. The minimum atomic E-state index is -0.424. The standard InChI is InChI=1S/C14H16O5/c15-7-11-13(14-10(18-11)6-12(16)19-14)17-8-9-4-2-1-3-5-9/h1-5,10-11,13-15H,6-8H2/t10-,11+,13-,14+/m1/s1. The third-order valence-electron chi connectivity index (χ3n) is 3.51. The van der Waals surface area contributed by atoms with E-state index in [1.54, 1.807) is 0 Å². The van der Waals surface area contributed by atoms with Gasteiger partial charge in [-0.15, -0.1) is 0 Å². The van der Waals surface area contributed by atoms with Crippen LogP contribution < -0.4 is 0 Å². The van der Waals surface area contributed by atoms with Crippen LogP contribution in [0.1, 0.15) is 12.0 Å². The fourth-order valence-corrected chi connectivity index (χ4v) is 2.59. The highest BCUT2D eigenvalue weighted by Gasteiger charge is 2.52. The van der Waals surface area contributed by atoms with Crippen molar-refractivity contribution >= 4 is 5.97 Å². The van der Waals surface area contributed by atoms with E-state index in [-0.39, 0.29) is 25.1 Å². The molecule has 2 saturated heterocycles. The molecule has 19 heavy (non-hydrogen) atoms. The molecular weight excluding hydrogens is 248 g/mol. The summed E-state index contributed by atoms with van der Waals surface area (Å²) in [5, 5.41) is 9.31. The van der Waals surface area contributed by atoms with E-state index < -0.39 is 18.3 Å². The van der Waals surface area contributed by atoms with Crippen molar-refractivity contribution in [2.75, 3.05) is 6.61 Å². The second-order valence-electron chi connectivity index (χ2n) is 4.82. The Bertz CT molecular complexity index is 446. The Hall–Kier alpha value is -1.43. The molecule has 4 atom stereocenters. The Morgan fingerprint density at radius 1 is 1.32 bits per heavy atom. The van der Waals surface area contributed by atoms with Gasteiger partial charge in [-0.25, -0.2) is 0 Å². The van der Waals surface area contributed by atoms with Crippen LogP contribution in [0.2, 0.25) is 0 Å². The van der Waals surface area contributed by atoms with Crippen molar-refractivity contribution in [2.45, 2.75) is 37.4 Å². The molecule has 2 heterocycles. The molecule has 2 aliphatic heterocycles. The summed E-state index contributed by atoms with van der Waals surface area (Å²) < 4.78 is 16.6. The van der Waals surface area contributed by atoms with Gasteiger partial charge in [-0.2, -0.15) is 0 Å². The maximum atomic E-state index is 11.3. The van der Waals surface area contributed by atoms with Crippen molar-refractivity contribution in [1.29, 1.82) is 0 Å². The van der Waals surface area contributed by atoms with Gasteiger partial charge in [0.2, 0.25) is 0 Å². The van der Waals surface area contributed by atoms with Crippen LogP contribution in [0.3, 0.4) is 0 Å². The fraction of sp³-hybridized carbons (Fsp3) is 0.500. The molecule has 2 aliphatic rings. The fourth-order valence-electron chi connectivity index (χ4n) is 2.59. The van der Waals surface area contributed by atoms with Crippen molar-refractivity contribution in [2.24, 2.45) is 0 Å². The summed E-state index contributed by atoms with van der Waals surface area (Å²) in [4.78, 5) is 11.3. The molecule has 102 valence electrons. The quantitative estimate of drug-likeness (QED) is 0.809. The lowest BCUT2D eigenvalue weighted by molar-refractivity contribution is -0.149. The molecule has 2 fully saturated rings. The van der Waals surface area contributed by atoms with E-state index in [0.717, 1.165) is 5.56 Å². The number of esters is 1. The smallest absolute Gasteiger partial charge is 0.309 e. The summed E-state index contributed by atoms with van der Waals surface area (Å²) in [7, 11) is 0. The Morgan fingerprint density at radius 3 is 2.84 bits per heavy atom. The Kier molecular flexibility index (Phi) is 3.50. The second kappa shape index (κ2) is 5.28. The third kappa shape index (κ3) is 2.49. The maximum absolute atomic E-state index is 11.3. The molecule has 1 N–H and O–H groups in total. The van der Waals surface area contributed by atoms with Crippen molar-refractivity contribution in [3.05, 3.63) is 35.9 Å². The average molecular weight is 264 g/mol. The van der Waals surface area contributed by atoms with Gasteiger partial charge < -0.3 is 19.3 Å². The number of aliphatic hydroxyl groups excluding tert-OH is 1. The molecule has 0 aliphatic carbocycles. The zero-order valence-electron chi connectivity index (χ0n) is 10.4. The monoisotopic (exact) mass is 264 g/mol. The molecule has 3 rings (SSSR count). The number of aliphatic hydroxyl groups is 1. The summed E-state index contributed by atoms with van der Waals surface area (Å²) in [5.74, 6) is -0.264. The minimum Gasteiger partial charge on any atom is -0.457 e. The van der Waals surface area contributed by atoms with E-state index in [1.807, 2.05) is 30.3 Å². The lowest BCUT2D eigenvalue weighted by atomic mass is 10.1. The predicted molar refractivity (Wildman–Crippen MR) is 65.3 cm³/mol. The van der Waals surface area contributed by atoms with Gasteiger partial charge in [0.1, 0.15) is 18.3 Å². The number of rotatable bonds is 4. The van der Waals surface area contributed by atoms with Gasteiger partial charge in [-0.1, -0.05) is 30.3 Å². The average Bonchev–Trinajstić information content (AvgIpc) is 2.93. The Balaban J connectivity index is 1.66. The highest BCUT2D eigenvalue weighted by Crippen LogP contribution is 2.33. The van der Waals surface area contributed by atoms with Crippen molar-refractivity contribution in [1.82, 2.24) is 0 Å². The second-order valence-corrected chi connectivity index (χ2v) is 4.82. The van der Waals surface area contributed by atoms with Crippen LogP contribution in [0, 0.1) is 0 Å². The molecule has 1 aromatic carbocycles. The zero-order chi connectivity index (χ0) is 13.2. The van der Waals surface area contributed by atoms with Gasteiger partial charge >= 0.3 is 5.97 Å². The number of hydrogen-bond donors (Lipinski definition) is 1. The van der Waals surface area contributed by atoms with E-state index in [4.69, 9.17) is 14.2 Å². The number of ether oxygens (including phenoxy) is 3. The number of hydrogen-bond acceptors (Lipinski definition) is 5. The van der Waals surface area contributed by atoms with E-state index in [2.05, 4.69) is 0 Å². The van der Waals surface area contributed by atoms with Crippen LogP contribution in [-0.2, 0) is 25.6 Å². The first-order valence-corrected chi connectivity index (χ1v) is 6.39. The van der Waals surface area contributed by atoms with Crippen molar-refractivity contribution < 1.29 is 24.1 Å². The number of fused-ring (bicyclic) bond motifs is 1. The van der Waals surface area contributed by atoms with Gasteiger partial charge in [-0.3, -0.25) is 4.79 Å². The van der Waals surface area contributed by atoms with E-state index in [9.17, 15) is 9.90 Å². The van der Waals surface area contributed by atoms with Crippen molar-refractivity contribution in [3.63, 3.8) is 0 Å². The molecule has 0 bridgehead atoms. The summed E-state index contributed by atoms with van der Waals surface area (Å²) >= 11 is 0. The summed E-state index contributed by atoms with van der Waals surface area (Å²) in [5.41, 5.74) is 1.03. The first-order valence-electron chi connectivity index (χ1n) is 6.39. The molecule has 0 saturated carbocycles. The van der Waals surface area contributed by atoms with Gasteiger partial charge in [0.05, 0.1) is 19.6 Å². The van der Waals surface area contributed by atoms with Crippen LogP contribution in [0.5, 0.6) is 0 Å². The normalized spacial score (nSPS) is 33.2. The maximum Gasteiger partial charge on any atom is 0.309 e. The van der Waals surface area contributed by atoms with E-state index in [1.165, 1.54) is 0 Å². The van der Waals surface area contributed by atoms with Crippen LogP contribution in [-0.4, -0.2) is 42.1 Å². The SMILES string of the molecule is O=C1C[C@H]2O[C@@H](CO)[C@@H](OCc3ccccc3)[C@H]2O1. The Morgan fingerprint density at radius 2 is 2.11 bits per heavy atom. The molecule has 0 spiro atoms. The number of carbonyl (C=O) groups is 1. The summed E-state index contributed by atoms with van der Waals surface area (Å²) in [6, 6.07) is 9.73. The molecule has 0 amide bonds. The molecule has 0 unspecified atom stereocenters. The van der Waals surface area contributed by atoms with Crippen LogP contribution >= 0.6 is 0 Å². The van der Waals surface area contributed by atoms with Crippen molar-refractivity contribution in [3.8, 4) is 0 Å². The third-order valence-corrected chi connectivity index (χ3v) is 3.51. The number of benzene rings is 1. The molecule has 1 aromatic rings. The van der Waals surface area contributed by atoms with Crippen LogP contribution in [0.25, 0.3) is 0 Å². The highest BCUT2D eigenvalue weighted by atomic mass is 16.6. The van der Waals surface area contributed by atoms with Gasteiger partial charge in [0, 0.05) is 0 Å². The van der Waals surface area contributed by atoms with Gasteiger partial charge in [-0.05, 0) is 5.56 Å². The van der Waals surface area contributed by atoms with Crippen LogP contribution in [0.15, 0.2) is 30.3 Å². The Labute approximate surface area is 111 Å². The summed E-state index contributed by atoms with van der Waals surface area (Å²) in [6.07, 6.45) is -1.26. The number of carbonyl (C=O) groups excluding carboxylic acids is 1. The highest BCUT2D eigenvalue weighted by molar-refractivity contribution is 5.73. The van der Waals surface area contributed by atoms with E-state index >= 15 is 0 Å². The van der Waals surface area contributed by atoms with E-state index in [0.29, 0.717) is 6.61 Å². The first-order chi connectivity index (χ1) is 9.28. The predicted octanol–water partition coefficient (Wildman–Crippen LogP) is 0.647. The lowest BCUT2D eigenvalue weighted by Gasteiger charge is -2.20. The van der Waals surface area contributed by atoms with Crippen LogP contribution in [0.4, 0.5) is 0 Å².